The van der Waals surface area contributed by atoms with Crippen molar-refractivity contribution in [2.24, 2.45) is 0 Å². The fourth-order valence-electron chi connectivity index (χ4n) is 3.45. The third-order valence-corrected chi connectivity index (χ3v) is 24.3. The number of hydrogen-bond donors (Lipinski definition) is 0. The Bertz CT molecular complexity index is 551. The van der Waals surface area contributed by atoms with Gasteiger partial charge >= 0.3 is 145 Å². The molecule has 0 saturated carbocycles. The van der Waals surface area contributed by atoms with Crippen LogP contribution in [0.15, 0.2) is 12.5 Å². The monoisotopic (exact) mass is 428 g/mol. The fourth-order valence-corrected chi connectivity index (χ4v) is 23.4. The molecule has 0 aliphatic rings. The maximum absolute atomic E-state index is 4.46. The van der Waals surface area contributed by atoms with Gasteiger partial charge in [-0.3, -0.25) is 0 Å². The second-order valence-corrected chi connectivity index (χ2v) is 21.9. The normalized spacial score (nSPS) is 12.4. The van der Waals surface area contributed by atoms with Crippen LogP contribution in [0.2, 0.25) is 13.3 Å². The molecule has 0 aliphatic heterocycles. The number of aromatic nitrogens is 2. The Morgan fingerprint density at radius 2 is 1.55 bits per heavy atom. The van der Waals surface area contributed by atoms with E-state index < -0.39 is 18.4 Å². The predicted octanol–water partition coefficient (Wildman–Crippen LogP) is 5.76. The SMILES string of the molecule is CCC[CH2][Sn]([CH2]CCC)([CH2]CCC)[c]1cn2cnc(C)c2s1. The van der Waals surface area contributed by atoms with E-state index in [-0.39, 0.29) is 0 Å². The zero-order chi connectivity index (χ0) is 16.0. The number of aryl methyl sites for hydroxylation is 1. The van der Waals surface area contributed by atoms with E-state index in [1.807, 2.05) is 9.22 Å². The molecule has 0 amide bonds. The Morgan fingerprint density at radius 3 is 2.00 bits per heavy atom. The van der Waals surface area contributed by atoms with Crippen LogP contribution >= 0.6 is 11.3 Å². The van der Waals surface area contributed by atoms with Crippen LogP contribution in [0.1, 0.15) is 65.0 Å². The van der Waals surface area contributed by atoms with Crippen molar-refractivity contribution in [1.29, 1.82) is 0 Å². The summed E-state index contributed by atoms with van der Waals surface area (Å²) in [6.07, 6.45) is 12.8. The van der Waals surface area contributed by atoms with Crippen molar-refractivity contribution in [2.45, 2.75) is 79.5 Å². The molecule has 2 aromatic rings. The minimum atomic E-state index is -2.22. The second-order valence-electron chi connectivity index (χ2n) is 6.73. The molecule has 0 fully saturated rings. The van der Waals surface area contributed by atoms with E-state index in [2.05, 4.69) is 54.6 Å². The van der Waals surface area contributed by atoms with E-state index in [0.717, 1.165) is 0 Å². The molecule has 0 spiro atoms. The van der Waals surface area contributed by atoms with Crippen LogP contribution in [-0.2, 0) is 0 Å². The van der Waals surface area contributed by atoms with Gasteiger partial charge in [-0.15, -0.1) is 0 Å². The Morgan fingerprint density at radius 1 is 1.00 bits per heavy atom. The molecule has 124 valence electrons. The van der Waals surface area contributed by atoms with Crippen molar-refractivity contribution >= 4 is 37.4 Å². The molecule has 0 N–H and O–H groups in total. The molecule has 4 heteroatoms. The molecule has 0 aromatic carbocycles. The first-order valence-electron chi connectivity index (χ1n) is 9.10. The van der Waals surface area contributed by atoms with Crippen molar-refractivity contribution in [2.75, 3.05) is 0 Å². The number of thiazole rings is 1. The van der Waals surface area contributed by atoms with Crippen molar-refractivity contribution in [3.8, 4) is 0 Å². The van der Waals surface area contributed by atoms with Crippen LogP contribution in [0, 0.1) is 6.92 Å². The van der Waals surface area contributed by atoms with E-state index in [9.17, 15) is 0 Å². The van der Waals surface area contributed by atoms with Crippen LogP contribution < -0.4 is 2.89 Å². The first-order chi connectivity index (χ1) is 10.7. The van der Waals surface area contributed by atoms with Gasteiger partial charge in [-0.1, -0.05) is 0 Å². The number of unbranched alkanes of at least 4 members (excludes halogenated alkanes) is 3. The summed E-state index contributed by atoms with van der Waals surface area (Å²) >= 11 is -0.140. The zero-order valence-electron chi connectivity index (χ0n) is 14.8. The van der Waals surface area contributed by atoms with Gasteiger partial charge in [0.15, 0.2) is 0 Å². The summed E-state index contributed by atoms with van der Waals surface area (Å²) in [5, 5.41) is 0. The summed E-state index contributed by atoms with van der Waals surface area (Å²) in [4.78, 5) is 5.85. The summed E-state index contributed by atoms with van der Waals surface area (Å²) in [6.45, 7) is 9.20. The van der Waals surface area contributed by atoms with Gasteiger partial charge in [-0.25, -0.2) is 0 Å². The van der Waals surface area contributed by atoms with E-state index in [1.165, 1.54) is 49.0 Å². The number of nitrogens with zero attached hydrogens (tertiary/aromatic N) is 2. The molecule has 2 nitrogen and oxygen atoms in total. The molecule has 0 aliphatic carbocycles. The zero-order valence-corrected chi connectivity index (χ0v) is 18.5. The molecular formula is C18H32N2SSn. The number of fused-ring (bicyclic) bond motifs is 1. The van der Waals surface area contributed by atoms with E-state index in [0.29, 0.717) is 0 Å². The fraction of sp³-hybridized carbons (Fsp3) is 0.722. The molecule has 2 aromatic heterocycles. The summed E-state index contributed by atoms with van der Waals surface area (Å²) in [7, 11) is 0. The minimum absolute atomic E-state index is 1.21. The van der Waals surface area contributed by atoms with Gasteiger partial charge in [0.1, 0.15) is 0 Å². The average Bonchev–Trinajstić information content (AvgIpc) is 3.10. The van der Waals surface area contributed by atoms with Gasteiger partial charge in [-0.2, -0.15) is 0 Å². The number of imidazole rings is 1. The molecule has 0 bridgehead atoms. The molecule has 0 atom stereocenters. The molecule has 2 heterocycles. The van der Waals surface area contributed by atoms with Crippen LogP contribution in [0.5, 0.6) is 0 Å². The molecular weight excluding hydrogens is 395 g/mol. The van der Waals surface area contributed by atoms with Gasteiger partial charge in [-0.05, 0) is 0 Å². The Labute approximate surface area is 144 Å². The first-order valence-corrected chi connectivity index (χ1v) is 17.4. The average molecular weight is 427 g/mol. The van der Waals surface area contributed by atoms with Crippen LogP contribution in [0.4, 0.5) is 0 Å². The molecule has 0 saturated heterocycles. The van der Waals surface area contributed by atoms with Crippen molar-refractivity contribution in [3.05, 3.63) is 18.2 Å². The van der Waals surface area contributed by atoms with Gasteiger partial charge < -0.3 is 0 Å². The molecule has 0 radical (unpaired) electrons. The van der Waals surface area contributed by atoms with Gasteiger partial charge in [0.2, 0.25) is 0 Å². The summed E-state index contributed by atoms with van der Waals surface area (Å²) in [5.41, 5.74) is 1.21. The predicted molar refractivity (Wildman–Crippen MR) is 102 cm³/mol. The van der Waals surface area contributed by atoms with E-state index >= 15 is 0 Å². The Kier molecular flexibility index (Phi) is 7.26. The summed E-state index contributed by atoms with van der Waals surface area (Å²) < 4.78 is 8.78. The number of rotatable bonds is 10. The summed E-state index contributed by atoms with van der Waals surface area (Å²) in [5.74, 6) is 0. The standard InChI is InChI=1S/C6H5N2S.3C4H9.Sn/c1-5-6-8(4-7-5)2-3-9-6;3*1-3-4-2;/h2,4H,1H3;3*1,3-4H2,2H3;. The second kappa shape index (κ2) is 8.72. The topological polar surface area (TPSA) is 17.3 Å². The first kappa shape index (κ1) is 18.3. The molecule has 2 rings (SSSR count). The summed E-state index contributed by atoms with van der Waals surface area (Å²) in [6, 6.07) is 0. The van der Waals surface area contributed by atoms with Crippen molar-refractivity contribution in [3.63, 3.8) is 0 Å². The van der Waals surface area contributed by atoms with Crippen LogP contribution in [0.25, 0.3) is 4.83 Å². The van der Waals surface area contributed by atoms with Crippen LogP contribution in [0.3, 0.4) is 0 Å². The van der Waals surface area contributed by atoms with Crippen molar-refractivity contribution in [1.82, 2.24) is 9.38 Å². The van der Waals surface area contributed by atoms with Crippen LogP contribution in [-0.4, -0.2) is 27.8 Å². The number of hydrogen-bond acceptors (Lipinski definition) is 2. The maximum atomic E-state index is 4.46. The van der Waals surface area contributed by atoms with Crippen molar-refractivity contribution < 1.29 is 0 Å². The van der Waals surface area contributed by atoms with E-state index in [1.54, 1.807) is 13.3 Å². The Balaban J connectivity index is 2.37. The quantitative estimate of drug-likeness (QED) is 0.441. The van der Waals surface area contributed by atoms with E-state index in [4.69, 9.17) is 0 Å². The molecule has 22 heavy (non-hydrogen) atoms. The third-order valence-electron chi connectivity index (χ3n) is 4.93. The third kappa shape index (κ3) is 4.08. The molecule has 0 unspecified atom stereocenters. The Hall–Kier alpha value is -0.0313. The van der Waals surface area contributed by atoms with Gasteiger partial charge in [0, 0.05) is 0 Å². The van der Waals surface area contributed by atoms with Gasteiger partial charge in [0.05, 0.1) is 0 Å². The van der Waals surface area contributed by atoms with Gasteiger partial charge in [0.25, 0.3) is 0 Å².